The first-order valence-electron chi connectivity index (χ1n) is 9.00. The molecule has 3 rings (SSSR count). The summed E-state index contributed by atoms with van der Waals surface area (Å²) >= 11 is 0. The second kappa shape index (κ2) is 8.43. The fourth-order valence-electron chi connectivity index (χ4n) is 3.26. The van der Waals surface area contributed by atoms with E-state index >= 15 is 0 Å². The number of benzene rings is 1. The van der Waals surface area contributed by atoms with Crippen molar-refractivity contribution in [2.75, 3.05) is 5.32 Å². The Morgan fingerprint density at radius 3 is 2.59 bits per heavy atom. The third-order valence-corrected chi connectivity index (χ3v) is 4.97. The molecule has 1 aromatic carbocycles. The van der Waals surface area contributed by atoms with E-state index in [1.54, 1.807) is 12.1 Å². The predicted octanol–water partition coefficient (Wildman–Crippen LogP) is 4.28. The van der Waals surface area contributed by atoms with Crippen molar-refractivity contribution in [3.05, 3.63) is 48.2 Å². The Morgan fingerprint density at radius 1 is 1.22 bits per heavy atom. The Hall–Kier alpha value is -2.54. The summed E-state index contributed by atoms with van der Waals surface area (Å²) in [4.78, 5) is 16.5. The van der Waals surface area contributed by atoms with Crippen molar-refractivity contribution >= 4 is 11.7 Å². The van der Waals surface area contributed by atoms with Gasteiger partial charge in [0.25, 0.3) is 0 Å². The van der Waals surface area contributed by atoms with E-state index in [1.165, 1.54) is 12.3 Å². The van der Waals surface area contributed by atoms with Crippen LogP contribution in [0.5, 0.6) is 11.5 Å². The fourth-order valence-corrected chi connectivity index (χ4v) is 3.26. The molecular weight excluding hydrogens is 354 g/mol. The van der Waals surface area contributed by atoms with Crippen LogP contribution in [0.1, 0.15) is 32.6 Å². The number of aliphatic hydroxyl groups excluding tert-OH is 1. The van der Waals surface area contributed by atoms with Crippen LogP contribution in [0.15, 0.2) is 36.5 Å². The Kier molecular flexibility index (Phi) is 6.01. The minimum absolute atomic E-state index is 0.108. The van der Waals surface area contributed by atoms with E-state index < -0.39 is 11.6 Å². The molecule has 0 aliphatic heterocycles. The van der Waals surface area contributed by atoms with Crippen LogP contribution in [0.4, 0.5) is 14.6 Å². The molecule has 1 aliphatic carbocycles. The Balaban J connectivity index is 1.57. The molecule has 1 aliphatic rings. The second-order valence-electron chi connectivity index (χ2n) is 6.90. The molecule has 1 heterocycles. The summed E-state index contributed by atoms with van der Waals surface area (Å²) in [5.74, 6) is -1.01. The number of hydrogen-bond donors (Lipinski definition) is 2. The predicted molar refractivity (Wildman–Crippen MR) is 96.4 cm³/mol. The molecular formula is C20H22F2N2O3. The fraction of sp³-hybridized carbons (Fsp3) is 0.400. The summed E-state index contributed by atoms with van der Waals surface area (Å²) < 4.78 is 31.9. The topological polar surface area (TPSA) is 71.5 Å². The first-order valence-corrected chi connectivity index (χ1v) is 9.00. The molecule has 0 saturated heterocycles. The standard InChI is InChI=1S/C20H22F2N2O3/c1-12(13-2-5-15(25)6-3-13)20(26)24-19-9-7-16(11-23-19)27-18-8-4-14(21)10-17(18)22/h4,7-13,15,25H,2-3,5-6H2,1H3,(H,23,24,26)/t12-,13?,15?/m1/s1. The lowest BCUT2D eigenvalue weighted by Gasteiger charge is -2.29. The molecule has 2 aromatic rings. The van der Waals surface area contributed by atoms with Crippen molar-refractivity contribution in [2.45, 2.75) is 38.7 Å². The lowest BCUT2D eigenvalue weighted by Crippen LogP contribution is -2.31. The van der Waals surface area contributed by atoms with Gasteiger partial charge < -0.3 is 15.2 Å². The lowest BCUT2D eigenvalue weighted by molar-refractivity contribution is -0.121. The van der Waals surface area contributed by atoms with Gasteiger partial charge in [0.05, 0.1) is 12.3 Å². The van der Waals surface area contributed by atoms with Crippen LogP contribution in [0.3, 0.4) is 0 Å². The maximum atomic E-state index is 13.6. The highest BCUT2D eigenvalue weighted by Crippen LogP contribution is 2.31. The van der Waals surface area contributed by atoms with Gasteiger partial charge in [0.2, 0.25) is 5.91 Å². The zero-order valence-electron chi connectivity index (χ0n) is 15.0. The van der Waals surface area contributed by atoms with Crippen LogP contribution in [-0.2, 0) is 4.79 Å². The number of aliphatic hydroxyl groups is 1. The molecule has 2 N–H and O–H groups in total. The van der Waals surface area contributed by atoms with Gasteiger partial charge in [-0.1, -0.05) is 6.92 Å². The molecule has 0 radical (unpaired) electrons. The van der Waals surface area contributed by atoms with Crippen LogP contribution in [0.2, 0.25) is 0 Å². The van der Waals surface area contributed by atoms with Crippen LogP contribution >= 0.6 is 0 Å². The molecule has 1 atom stereocenters. The highest BCUT2D eigenvalue weighted by Gasteiger charge is 2.28. The zero-order chi connectivity index (χ0) is 19.4. The number of pyridine rings is 1. The van der Waals surface area contributed by atoms with Gasteiger partial charge in [-0.15, -0.1) is 0 Å². The summed E-state index contributed by atoms with van der Waals surface area (Å²) in [6.07, 6.45) is 4.23. The molecule has 144 valence electrons. The summed E-state index contributed by atoms with van der Waals surface area (Å²) in [7, 11) is 0. The number of rotatable bonds is 5. The second-order valence-corrected chi connectivity index (χ2v) is 6.90. The van der Waals surface area contributed by atoms with Gasteiger partial charge >= 0.3 is 0 Å². The number of amides is 1. The largest absolute Gasteiger partial charge is 0.453 e. The molecule has 27 heavy (non-hydrogen) atoms. The van der Waals surface area contributed by atoms with E-state index in [9.17, 15) is 18.7 Å². The smallest absolute Gasteiger partial charge is 0.228 e. The minimum Gasteiger partial charge on any atom is -0.453 e. The first-order chi connectivity index (χ1) is 12.9. The van der Waals surface area contributed by atoms with Crippen molar-refractivity contribution < 1.29 is 23.4 Å². The molecule has 7 heteroatoms. The molecule has 0 unspecified atom stereocenters. The van der Waals surface area contributed by atoms with Gasteiger partial charge in [-0.2, -0.15) is 0 Å². The first kappa shape index (κ1) is 19.2. The number of hydrogen-bond acceptors (Lipinski definition) is 4. The van der Waals surface area contributed by atoms with Crippen LogP contribution in [0, 0.1) is 23.5 Å². The molecule has 1 aromatic heterocycles. The quantitative estimate of drug-likeness (QED) is 0.817. The van der Waals surface area contributed by atoms with Gasteiger partial charge in [0.1, 0.15) is 17.4 Å². The number of ether oxygens (including phenoxy) is 1. The van der Waals surface area contributed by atoms with Crippen molar-refractivity contribution in [3.63, 3.8) is 0 Å². The average Bonchev–Trinajstić information content (AvgIpc) is 2.65. The molecule has 0 bridgehead atoms. The third-order valence-electron chi connectivity index (χ3n) is 4.97. The van der Waals surface area contributed by atoms with Gasteiger partial charge in [-0.05, 0) is 55.9 Å². The van der Waals surface area contributed by atoms with E-state index in [1.807, 2.05) is 6.92 Å². The normalized spacial score (nSPS) is 20.7. The van der Waals surface area contributed by atoms with Crippen LogP contribution in [0.25, 0.3) is 0 Å². The van der Waals surface area contributed by atoms with Crippen molar-refractivity contribution in [1.82, 2.24) is 4.98 Å². The van der Waals surface area contributed by atoms with Crippen molar-refractivity contribution in [3.8, 4) is 11.5 Å². The van der Waals surface area contributed by atoms with E-state index in [-0.39, 0.29) is 35.3 Å². The number of carbonyl (C=O) groups excluding carboxylic acids is 1. The van der Waals surface area contributed by atoms with Gasteiger partial charge in [-0.25, -0.2) is 13.8 Å². The van der Waals surface area contributed by atoms with Gasteiger partial charge in [-0.3, -0.25) is 4.79 Å². The highest BCUT2D eigenvalue weighted by atomic mass is 19.1. The number of nitrogens with zero attached hydrogens (tertiary/aromatic N) is 1. The maximum absolute atomic E-state index is 13.6. The van der Waals surface area contributed by atoms with E-state index in [0.717, 1.165) is 37.8 Å². The van der Waals surface area contributed by atoms with Crippen LogP contribution < -0.4 is 10.1 Å². The number of carbonyl (C=O) groups is 1. The zero-order valence-corrected chi connectivity index (χ0v) is 15.0. The van der Waals surface area contributed by atoms with E-state index in [2.05, 4.69) is 10.3 Å². The Morgan fingerprint density at radius 2 is 1.96 bits per heavy atom. The number of aromatic nitrogens is 1. The van der Waals surface area contributed by atoms with Crippen molar-refractivity contribution in [2.24, 2.45) is 11.8 Å². The monoisotopic (exact) mass is 376 g/mol. The SMILES string of the molecule is C[C@@H](C(=O)Nc1ccc(Oc2ccc(F)cc2F)cn1)C1CCC(O)CC1. The maximum Gasteiger partial charge on any atom is 0.228 e. The number of halogens is 2. The third kappa shape index (κ3) is 5.01. The summed E-state index contributed by atoms with van der Waals surface area (Å²) in [5, 5.41) is 12.3. The lowest BCUT2D eigenvalue weighted by atomic mass is 9.79. The summed E-state index contributed by atoms with van der Waals surface area (Å²) in [6.45, 7) is 1.88. The van der Waals surface area contributed by atoms with Crippen molar-refractivity contribution in [1.29, 1.82) is 0 Å². The molecule has 1 fully saturated rings. The van der Waals surface area contributed by atoms with E-state index in [0.29, 0.717) is 5.82 Å². The van der Waals surface area contributed by atoms with E-state index in [4.69, 9.17) is 4.74 Å². The summed E-state index contributed by atoms with van der Waals surface area (Å²) in [5.41, 5.74) is 0. The summed E-state index contributed by atoms with van der Waals surface area (Å²) in [6, 6.07) is 6.15. The molecule has 1 amide bonds. The average molecular weight is 376 g/mol. The Bertz CT molecular complexity index is 790. The highest BCUT2D eigenvalue weighted by molar-refractivity contribution is 5.91. The molecule has 0 spiro atoms. The molecule has 1 saturated carbocycles. The van der Waals surface area contributed by atoms with Gasteiger partial charge in [0, 0.05) is 12.0 Å². The molecule has 5 nitrogen and oxygen atoms in total. The minimum atomic E-state index is -0.807. The Labute approximate surface area is 156 Å². The number of anilines is 1. The van der Waals surface area contributed by atoms with Gasteiger partial charge in [0.15, 0.2) is 11.6 Å². The van der Waals surface area contributed by atoms with Crippen LogP contribution in [-0.4, -0.2) is 22.1 Å². The number of nitrogens with one attached hydrogen (secondary N) is 1.